The Kier molecular flexibility index (Phi) is 5.56. The van der Waals surface area contributed by atoms with Gasteiger partial charge in [0.1, 0.15) is 6.61 Å². The minimum atomic E-state index is -1.21. The Morgan fingerprint density at radius 2 is 2.05 bits per heavy atom. The smallest absolute Gasteiger partial charge is 0.409 e. The molecule has 2 aromatic rings. The Morgan fingerprint density at radius 1 is 1.27 bits per heavy atom. The average molecular weight is 304 g/mol. The number of methoxy groups -OCH3 is 1. The van der Waals surface area contributed by atoms with Crippen molar-refractivity contribution >= 4 is 11.8 Å². The normalized spacial score (nSPS) is 10.0. The van der Waals surface area contributed by atoms with Crippen LogP contribution in [0.5, 0.6) is 11.6 Å². The number of hydrogen-bond donors (Lipinski definition) is 2. The maximum atomic E-state index is 10.8. The van der Waals surface area contributed by atoms with Gasteiger partial charge in [0.15, 0.2) is 12.5 Å². The van der Waals surface area contributed by atoms with Gasteiger partial charge in [0.25, 0.3) is 0 Å². The number of carbonyl (C=O) groups is 1. The SMILES string of the molecule is COCOc1cnc(OCc2ccccc2)cc1NC(=O)O. The molecule has 0 unspecified atom stereocenters. The van der Waals surface area contributed by atoms with Crippen LogP contribution in [0.3, 0.4) is 0 Å². The molecule has 0 saturated carbocycles. The van der Waals surface area contributed by atoms with E-state index in [0.29, 0.717) is 6.61 Å². The van der Waals surface area contributed by atoms with Gasteiger partial charge < -0.3 is 19.3 Å². The number of aromatic nitrogens is 1. The second-order valence-electron chi connectivity index (χ2n) is 4.27. The highest BCUT2D eigenvalue weighted by molar-refractivity contribution is 5.85. The standard InChI is InChI=1S/C15H16N2O5/c1-20-10-22-13-8-16-14(7-12(13)17-15(18)19)21-9-11-5-3-2-4-6-11/h2-8H,9-10H2,1H3,(H,16,17)(H,18,19). The molecule has 0 spiro atoms. The topological polar surface area (TPSA) is 89.9 Å². The average Bonchev–Trinajstić information content (AvgIpc) is 2.52. The summed E-state index contributed by atoms with van der Waals surface area (Å²) in [5.41, 5.74) is 1.22. The number of nitrogens with one attached hydrogen (secondary N) is 1. The second-order valence-corrected chi connectivity index (χ2v) is 4.27. The largest absolute Gasteiger partial charge is 0.473 e. The summed E-state index contributed by atoms with van der Waals surface area (Å²) in [5.74, 6) is 0.550. The van der Waals surface area contributed by atoms with Gasteiger partial charge >= 0.3 is 6.09 Å². The molecule has 22 heavy (non-hydrogen) atoms. The third-order valence-electron chi connectivity index (χ3n) is 2.65. The summed E-state index contributed by atoms with van der Waals surface area (Å²) in [5, 5.41) is 11.1. The van der Waals surface area contributed by atoms with Gasteiger partial charge in [0.2, 0.25) is 5.88 Å². The highest BCUT2D eigenvalue weighted by Gasteiger charge is 2.10. The van der Waals surface area contributed by atoms with Crippen LogP contribution in [0.15, 0.2) is 42.6 Å². The lowest BCUT2D eigenvalue weighted by Crippen LogP contribution is -2.10. The lowest BCUT2D eigenvalue weighted by molar-refractivity contribution is 0.0512. The zero-order valence-corrected chi connectivity index (χ0v) is 12.0. The molecule has 116 valence electrons. The van der Waals surface area contributed by atoms with Crippen LogP contribution in [-0.2, 0) is 11.3 Å². The van der Waals surface area contributed by atoms with Crippen molar-refractivity contribution in [1.82, 2.24) is 4.98 Å². The van der Waals surface area contributed by atoms with Crippen LogP contribution in [-0.4, -0.2) is 30.1 Å². The van der Waals surface area contributed by atoms with E-state index in [-0.39, 0.29) is 24.1 Å². The maximum Gasteiger partial charge on any atom is 0.409 e. The molecule has 2 N–H and O–H groups in total. The molecule has 1 aromatic carbocycles. The highest BCUT2D eigenvalue weighted by Crippen LogP contribution is 2.27. The monoisotopic (exact) mass is 304 g/mol. The zero-order chi connectivity index (χ0) is 15.8. The van der Waals surface area contributed by atoms with Gasteiger partial charge in [-0.3, -0.25) is 5.32 Å². The molecule has 0 saturated heterocycles. The molecule has 0 radical (unpaired) electrons. The first-order chi connectivity index (χ1) is 10.7. The first kappa shape index (κ1) is 15.6. The predicted molar refractivity (Wildman–Crippen MR) is 79.2 cm³/mol. The molecule has 0 aliphatic heterocycles. The summed E-state index contributed by atoms with van der Waals surface area (Å²) >= 11 is 0. The zero-order valence-electron chi connectivity index (χ0n) is 12.0. The van der Waals surface area contributed by atoms with Gasteiger partial charge in [-0.25, -0.2) is 9.78 Å². The van der Waals surface area contributed by atoms with E-state index >= 15 is 0 Å². The van der Waals surface area contributed by atoms with Crippen molar-refractivity contribution in [2.24, 2.45) is 0 Å². The van der Waals surface area contributed by atoms with Crippen LogP contribution in [0.2, 0.25) is 0 Å². The maximum absolute atomic E-state index is 10.8. The molecule has 0 aliphatic carbocycles. The van der Waals surface area contributed by atoms with Crippen LogP contribution in [0.25, 0.3) is 0 Å². The first-order valence-corrected chi connectivity index (χ1v) is 6.47. The van der Waals surface area contributed by atoms with Crippen LogP contribution >= 0.6 is 0 Å². The molecule has 1 aromatic heterocycles. The van der Waals surface area contributed by atoms with E-state index in [1.165, 1.54) is 19.4 Å². The molecule has 0 aliphatic rings. The fraction of sp³-hybridized carbons (Fsp3) is 0.200. The Bertz CT molecular complexity index is 619. The summed E-state index contributed by atoms with van der Waals surface area (Å²) < 4.78 is 15.6. The summed E-state index contributed by atoms with van der Waals surface area (Å²) in [6.07, 6.45) is 0.174. The molecule has 1 heterocycles. The molecule has 7 heteroatoms. The van der Waals surface area contributed by atoms with Gasteiger partial charge in [0.05, 0.1) is 11.9 Å². The van der Waals surface area contributed by atoms with Gasteiger partial charge in [-0.15, -0.1) is 0 Å². The number of nitrogens with zero attached hydrogens (tertiary/aromatic N) is 1. The number of carboxylic acid groups (broad SMARTS) is 1. The van der Waals surface area contributed by atoms with Crippen molar-refractivity contribution in [3.8, 4) is 11.6 Å². The van der Waals surface area contributed by atoms with Crippen molar-refractivity contribution in [2.75, 3.05) is 19.2 Å². The third kappa shape index (κ3) is 4.64. The van der Waals surface area contributed by atoms with Gasteiger partial charge in [-0.2, -0.15) is 0 Å². The fourth-order valence-corrected chi connectivity index (χ4v) is 1.68. The number of rotatable bonds is 7. The van der Waals surface area contributed by atoms with Crippen LogP contribution in [0, 0.1) is 0 Å². The van der Waals surface area contributed by atoms with E-state index in [4.69, 9.17) is 19.3 Å². The van der Waals surface area contributed by atoms with Gasteiger partial charge in [0, 0.05) is 13.2 Å². The lowest BCUT2D eigenvalue weighted by atomic mass is 10.2. The van der Waals surface area contributed by atoms with Crippen LogP contribution < -0.4 is 14.8 Å². The molecule has 1 amide bonds. The summed E-state index contributed by atoms with van der Waals surface area (Å²) in [6.45, 7) is 0.318. The van der Waals surface area contributed by atoms with Crippen molar-refractivity contribution in [1.29, 1.82) is 0 Å². The number of pyridine rings is 1. The van der Waals surface area contributed by atoms with Gasteiger partial charge in [-0.1, -0.05) is 30.3 Å². The molecular formula is C15H16N2O5. The van der Waals surface area contributed by atoms with Crippen LogP contribution in [0.1, 0.15) is 5.56 Å². The molecule has 2 rings (SSSR count). The Morgan fingerprint density at radius 3 is 2.73 bits per heavy atom. The lowest BCUT2D eigenvalue weighted by Gasteiger charge is -2.12. The van der Waals surface area contributed by atoms with E-state index in [0.717, 1.165) is 5.56 Å². The van der Waals surface area contributed by atoms with E-state index < -0.39 is 6.09 Å². The summed E-state index contributed by atoms with van der Waals surface area (Å²) in [6, 6.07) is 11.0. The van der Waals surface area contributed by atoms with E-state index in [9.17, 15) is 4.79 Å². The summed E-state index contributed by atoms with van der Waals surface area (Å²) in [4.78, 5) is 14.9. The van der Waals surface area contributed by atoms with Crippen LogP contribution in [0.4, 0.5) is 10.5 Å². The first-order valence-electron chi connectivity index (χ1n) is 6.47. The van der Waals surface area contributed by atoms with E-state index in [2.05, 4.69) is 10.3 Å². The number of hydrogen-bond acceptors (Lipinski definition) is 5. The summed E-state index contributed by atoms with van der Waals surface area (Å²) in [7, 11) is 1.47. The molecule has 0 fully saturated rings. The number of amides is 1. The minimum absolute atomic E-state index is 0.0137. The van der Waals surface area contributed by atoms with Crippen molar-refractivity contribution < 1.29 is 24.1 Å². The quantitative estimate of drug-likeness (QED) is 0.764. The molecule has 0 bridgehead atoms. The van der Waals surface area contributed by atoms with Crippen molar-refractivity contribution in [3.05, 3.63) is 48.2 Å². The third-order valence-corrected chi connectivity index (χ3v) is 2.65. The molecular weight excluding hydrogens is 288 g/mol. The molecule has 7 nitrogen and oxygen atoms in total. The Balaban J connectivity index is 2.09. The molecule has 0 atom stereocenters. The second kappa shape index (κ2) is 7.84. The Hall–Kier alpha value is -2.80. The minimum Gasteiger partial charge on any atom is -0.473 e. The number of anilines is 1. The van der Waals surface area contributed by atoms with Crippen molar-refractivity contribution in [3.63, 3.8) is 0 Å². The highest BCUT2D eigenvalue weighted by atomic mass is 16.7. The predicted octanol–water partition coefficient (Wildman–Crippen LogP) is 2.73. The Labute approximate surface area is 127 Å². The van der Waals surface area contributed by atoms with Crippen molar-refractivity contribution in [2.45, 2.75) is 6.61 Å². The van der Waals surface area contributed by atoms with E-state index in [1.807, 2.05) is 30.3 Å². The fourth-order valence-electron chi connectivity index (χ4n) is 1.68. The van der Waals surface area contributed by atoms with E-state index in [1.54, 1.807) is 0 Å². The van der Waals surface area contributed by atoms with Gasteiger partial charge in [-0.05, 0) is 5.56 Å². The number of benzene rings is 1. The number of ether oxygens (including phenoxy) is 3.